The number of hydrogen-bond donors (Lipinski definition) is 1. The molecule has 23 heavy (non-hydrogen) atoms. The second kappa shape index (κ2) is 6.06. The van der Waals surface area contributed by atoms with Crippen LogP contribution in [0.5, 0.6) is 0 Å². The molecule has 1 aliphatic rings. The Morgan fingerprint density at radius 3 is 2.48 bits per heavy atom. The summed E-state index contributed by atoms with van der Waals surface area (Å²) in [5.74, 6) is -0.0345. The van der Waals surface area contributed by atoms with Crippen molar-refractivity contribution in [3.05, 3.63) is 33.8 Å². The molecule has 1 saturated heterocycles. The van der Waals surface area contributed by atoms with Crippen molar-refractivity contribution in [2.45, 2.75) is 18.7 Å². The number of rotatable bonds is 3. The number of nitrogens with zero attached hydrogens (tertiary/aromatic N) is 3. The molecule has 0 radical (unpaired) electrons. The van der Waals surface area contributed by atoms with Crippen molar-refractivity contribution in [2.24, 2.45) is 0 Å². The van der Waals surface area contributed by atoms with Gasteiger partial charge in [0, 0.05) is 26.2 Å². The molecule has 1 amide bonds. The first kappa shape index (κ1) is 16.2. The summed E-state index contributed by atoms with van der Waals surface area (Å²) in [6.07, 6.45) is 0. The van der Waals surface area contributed by atoms with E-state index in [0.717, 1.165) is 0 Å². The number of aromatic nitrogens is 2. The van der Waals surface area contributed by atoms with Gasteiger partial charge in [0.1, 0.15) is 4.90 Å². The summed E-state index contributed by atoms with van der Waals surface area (Å²) in [4.78, 5) is 14.9. The molecule has 0 aliphatic carbocycles. The molecule has 2 aromatic heterocycles. The number of hydrogen-bond acceptors (Lipinski definition) is 5. The van der Waals surface area contributed by atoms with Crippen LogP contribution in [0.4, 0.5) is 0 Å². The van der Waals surface area contributed by atoms with Crippen LogP contribution in [0.3, 0.4) is 0 Å². The minimum Gasteiger partial charge on any atom is -0.335 e. The summed E-state index contributed by atoms with van der Waals surface area (Å²) < 4.78 is 26.9. The lowest BCUT2D eigenvalue weighted by molar-refractivity contribution is 0.0702. The third-order valence-electron chi connectivity index (χ3n) is 3.92. The molecular weight excluding hydrogens is 336 g/mol. The number of H-pyrrole nitrogens is 1. The Kier molecular flexibility index (Phi) is 4.26. The van der Waals surface area contributed by atoms with E-state index >= 15 is 0 Å². The number of carbonyl (C=O) groups excluding carboxylic acids is 1. The fourth-order valence-electron chi connectivity index (χ4n) is 2.74. The van der Waals surface area contributed by atoms with Gasteiger partial charge in [-0.3, -0.25) is 9.89 Å². The van der Waals surface area contributed by atoms with E-state index in [2.05, 4.69) is 10.2 Å². The molecule has 0 unspecified atom stereocenters. The summed E-state index contributed by atoms with van der Waals surface area (Å²) in [7, 11) is -3.58. The molecule has 2 aromatic rings. The Morgan fingerprint density at radius 1 is 1.26 bits per heavy atom. The largest absolute Gasteiger partial charge is 0.335 e. The van der Waals surface area contributed by atoms with E-state index < -0.39 is 10.0 Å². The summed E-state index contributed by atoms with van der Waals surface area (Å²) in [5.41, 5.74) is 1.01. The molecule has 124 valence electrons. The lowest BCUT2D eigenvalue weighted by Crippen LogP contribution is -2.50. The second-order valence-corrected chi connectivity index (χ2v) is 8.26. The quantitative estimate of drug-likeness (QED) is 0.898. The summed E-state index contributed by atoms with van der Waals surface area (Å²) >= 11 is 1.40. The van der Waals surface area contributed by atoms with Crippen molar-refractivity contribution in [3.63, 3.8) is 0 Å². The fraction of sp³-hybridized carbons (Fsp3) is 0.429. The average molecular weight is 354 g/mol. The maximum Gasteiger partial charge on any atom is 0.264 e. The fourth-order valence-corrected chi connectivity index (χ4v) is 5.18. The van der Waals surface area contributed by atoms with E-state index in [1.165, 1.54) is 15.6 Å². The lowest BCUT2D eigenvalue weighted by Gasteiger charge is -2.33. The molecule has 0 saturated carbocycles. The summed E-state index contributed by atoms with van der Waals surface area (Å²) in [5, 5.41) is 8.53. The first-order valence-corrected chi connectivity index (χ1v) is 9.57. The lowest BCUT2D eigenvalue weighted by atomic mass is 10.3. The standard InChI is InChI=1S/C14H18N4O3S2/c1-10-13(11(2)16-15-10)23(20,21)18-7-5-17(6-8-18)14(19)12-4-3-9-22-12/h3-4,9H,5-8H2,1-2H3,(H,15,16). The monoisotopic (exact) mass is 354 g/mol. The molecule has 0 bridgehead atoms. The Labute approximate surface area is 139 Å². The number of piperazine rings is 1. The SMILES string of the molecule is Cc1n[nH]c(C)c1S(=O)(=O)N1CCN(C(=O)c2cccs2)CC1. The molecule has 0 spiro atoms. The van der Waals surface area contributed by atoms with Crippen LogP contribution in [0.15, 0.2) is 22.4 Å². The molecule has 1 fully saturated rings. The molecule has 1 aliphatic heterocycles. The Hall–Kier alpha value is -1.71. The molecule has 3 rings (SSSR count). The number of thiophene rings is 1. The highest BCUT2D eigenvalue weighted by molar-refractivity contribution is 7.89. The molecular formula is C14H18N4O3S2. The summed E-state index contributed by atoms with van der Waals surface area (Å²) in [6.45, 7) is 4.75. The highest BCUT2D eigenvalue weighted by Crippen LogP contribution is 2.23. The maximum atomic E-state index is 12.8. The average Bonchev–Trinajstić information content (AvgIpc) is 3.17. The summed E-state index contributed by atoms with van der Waals surface area (Å²) in [6, 6.07) is 3.62. The van der Waals surface area contributed by atoms with Crippen LogP contribution in [0.2, 0.25) is 0 Å². The van der Waals surface area contributed by atoms with Gasteiger partial charge in [-0.25, -0.2) is 8.42 Å². The van der Waals surface area contributed by atoms with Gasteiger partial charge in [0.25, 0.3) is 5.91 Å². The van der Waals surface area contributed by atoms with Crippen molar-refractivity contribution >= 4 is 27.3 Å². The number of amides is 1. The van der Waals surface area contributed by atoms with E-state index in [0.29, 0.717) is 42.4 Å². The predicted molar refractivity (Wildman–Crippen MR) is 87.0 cm³/mol. The van der Waals surface area contributed by atoms with Gasteiger partial charge in [-0.05, 0) is 25.3 Å². The highest BCUT2D eigenvalue weighted by Gasteiger charge is 2.33. The molecule has 9 heteroatoms. The Balaban J connectivity index is 1.73. The first-order valence-electron chi connectivity index (χ1n) is 7.26. The molecule has 3 heterocycles. The number of carbonyl (C=O) groups is 1. The van der Waals surface area contributed by atoms with Crippen molar-refractivity contribution in [3.8, 4) is 0 Å². The second-order valence-electron chi connectivity index (χ2n) is 5.44. The zero-order chi connectivity index (χ0) is 16.6. The van der Waals surface area contributed by atoms with Crippen LogP contribution < -0.4 is 0 Å². The minimum absolute atomic E-state index is 0.0345. The smallest absolute Gasteiger partial charge is 0.264 e. The first-order chi connectivity index (χ1) is 10.9. The third-order valence-corrected chi connectivity index (χ3v) is 6.94. The van der Waals surface area contributed by atoms with Crippen molar-refractivity contribution in [1.82, 2.24) is 19.4 Å². The van der Waals surface area contributed by atoms with Crippen LogP contribution in [0, 0.1) is 13.8 Å². The van der Waals surface area contributed by atoms with Gasteiger partial charge >= 0.3 is 0 Å². The van der Waals surface area contributed by atoms with Crippen LogP contribution in [-0.4, -0.2) is 59.9 Å². The van der Waals surface area contributed by atoms with E-state index in [1.54, 1.807) is 24.8 Å². The molecule has 0 aromatic carbocycles. The van der Waals surface area contributed by atoms with Crippen molar-refractivity contribution in [2.75, 3.05) is 26.2 Å². The van der Waals surface area contributed by atoms with Crippen molar-refractivity contribution in [1.29, 1.82) is 0 Å². The Morgan fingerprint density at radius 2 is 1.96 bits per heavy atom. The third kappa shape index (κ3) is 2.91. The topological polar surface area (TPSA) is 86.4 Å². The molecule has 0 atom stereocenters. The van der Waals surface area contributed by atoms with Crippen LogP contribution in [0.25, 0.3) is 0 Å². The molecule has 1 N–H and O–H groups in total. The van der Waals surface area contributed by atoms with Crippen LogP contribution in [-0.2, 0) is 10.0 Å². The van der Waals surface area contributed by atoms with E-state index in [4.69, 9.17) is 0 Å². The predicted octanol–water partition coefficient (Wildman–Crippen LogP) is 1.23. The zero-order valence-corrected chi connectivity index (χ0v) is 14.6. The normalized spacial score (nSPS) is 16.7. The highest BCUT2D eigenvalue weighted by atomic mass is 32.2. The van der Waals surface area contributed by atoms with Gasteiger partial charge in [-0.1, -0.05) is 6.07 Å². The zero-order valence-electron chi connectivity index (χ0n) is 12.9. The van der Waals surface area contributed by atoms with Gasteiger partial charge in [0.05, 0.1) is 16.3 Å². The van der Waals surface area contributed by atoms with Crippen LogP contribution >= 0.6 is 11.3 Å². The van der Waals surface area contributed by atoms with Crippen LogP contribution in [0.1, 0.15) is 21.1 Å². The van der Waals surface area contributed by atoms with Gasteiger partial charge < -0.3 is 4.90 Å². The van der Waals surface area contributed by atoms with E-state index in [9.17, 15) is 13.2 Å². The number of aromatic amines is 1. The van der Waals surface area contributed by atoms with Gasteiger partial charge in [0.15, 0.2) is 0 Å². The van der Waals surface area contributed by atoms with Gasteiger partial charge in [-0.15, -0.1) is 11.3 Å². The minimum atomic E-state index is -3.58. The van der Waals surface area contributed by atoms with E-state index in [-0.39, 0.29) is 10.8 Å². The number of sulfonamides is 1. The van der Waals surface area contributed by atoms with Gasteiger partial charge in [-0.2, -0.15) is 9.40 Å². The molecule has 7 nitrogen and oxygen atoms in total. The maximum absolute atomic E-state index is 12.8. The van der Waals surface area contributed by atoms with E-state index in [1.807, 2.05) is 11.4 Å². The number of nitrogens with one attached hydrogen (secondary N) is 1. The van der Waals surface area contributed by atoms with Gasteiger partial charge in [0.2, 0.25) is 10.0 Å². The van der Waals surface area contributed by atoms with Crippen molar-refractivity contribution < 1.29 is 13.2 Å². The number of aryl methyl sites for hydroxylation is 2. The Bertz CT molecular complexity index is 784.